The van der Waals surface area contributed by atoms with Gasteiger partial charge in [-0.15, -0.1) is 0 Å². The first-order valence-electron chi connectivity index (χ1n) is 8.92. The maximum Gasteiger partial charge on any atom is 0.231 e. The van der Waals surface area contributed by atoms with Gasteiger partial charge in [0.1, 0.15) is 15.4 Å². The fraction of sp³-hybridized carbons (Fsp3) is 0.136. The number of hydrogen-bond acceptors (Lipinski definition) is 4. The predicted molar refractivity (Wildman–Crippen MR) is 111 cm³/mol. The summed E-state index contributed by atoms with van der Waals surface area (Å²) in [6, 6.07) is 21.6. The lowest BCUT2D eigenvalue weighted by atomic mass is 9.95. The Morgan fingerprint density at radius 1 is 1.04 bits per heavy atom. The van der Waals surface area contributed by atoms with E-state index in [1.165, 1.54) is 0 Å². The van der Waals surface area contributed by atoms with Gasteiger partial charge in [0.25, 0.3) is 0 Å². The summed E-state index contributed by atoms with van der Waals surface area (Å²) in [6.45, 7) is 2.03. The zero-order valence-electron chi connectivity index (χ0n) is 14.9. The molecule has 0 aliphatic heterocycles. The van der Waals surface area contributed by atoms with Crippen molar-refractivity contribution in [3.05, 3.63) is 78.5 Å². The standard InChI is InChI=1S/C22H19N3OS/c1-2-18(15-7-4-3-5-8-15)20(26)24-17-12-10-16(11-13-17)21-25-19-9-6-14-23-22(19)27-21/h3-14,18H,2H2,1H3,(H,24,26)/t18-/m1/s1. The van der Waals surface area contributed by atoms with Crippen LogP contribution < -0.4 is 5.32 Å². The monoisotopic (exact) mass is 373 g/mol. The van der Waals surface area contributed by atoms with E-state index in [2.05, 4.69) is 15.3 Å². The van der Waals surface area contributed by atoms with Crippen molar-refractivity contribution in [2.45, 2.75) is 19.3 Å². The van der Waals surface area contributed by atoms with Crippen LogP contribution in [0.4, 0.5) is 5.69 Å². The van der Waals surface area contributed by atoms with E-state index in [4.69, 9.17) is 0 Å². The molecule has 2 heterocycles. The van der Waals surface area contributed by atoms with Crippen LogP contribution in [0.15, 0.2) is 72.9 Å². The molecule has 5 heteroatoms. The molecule has 134 valence electrons. The third-order valence-electron chi connectivity index (χ3n) is 4.49. The number of nitrogens with one attached hydrogen (secondary N) is 1. The molecule has 1 amide bonds. The molecule has 1 N–H and O–H groups in total. The van der Waals surface area contributed by atoms with Gasteiger partial charge in [0.2, 0.25) is 5.91 Å². The smallest absolute Gasteiger partial charge is 0.231 e. The Kier molecular flexibility index (Phi) is 4.94. The number of aromatic nitrogens is 2. The van der Waals surface area contributed by atoms with Gasteiger partial charge in [-0.1, -0.05) is 48.6 Å². The topological polar surface area (TPSA) is 54.9 Å². The number of carbonyl (C=O) groups excluding carboxylic acids is 1. The van der Waals surface area contributed by atoms with E-state index in [1.807, 2.05) is 73.7 Å². The van der Waals surface area contributed by atoms with Crippen molar-refractivity contribution < 1.29 is 4.79 Å². The molecule has 0 unspecified atom stereocenters. The summed E-state index contributed by atoms with van der Waals surface area (Å²) in [5.41, 5.74) is 3.75. The third-order valence-corrected chi connectivity index (χ3v) is 5.52. The molecular formula is C22H19N3OS. The van der Waals surface area contributed by atoms with E-state index in [1.54, 1.807) is 17.5 Å². The Bertz CT molecular complexity index is 1020. The SMILES string of the molecule is CC[C@@H](C(=O)Nc1ccc(-c2nc3cccnc3s2)cc1)c1ccccc1. The molecule has 0 aliphatic rings. The van der Waals surface area contributed by atoms with E-state index in [0.717, 1.165) is 38.6 Å². The fourth-order valence-corrected chi connectivity index (χ4v) is 3.99. The minimum Gasteiger partial charge on any atom is -0.326 e. The summed E-state index contributed by atoms with van der Waals surface area (Å²) in [5, 5.41) is 3.96. The van der Waals surface area contributed by atoms with Crippen molar-refractivity contribution in [2.75, 3.05) is 5.32 Å². The highest BCUT2D eigenvalue weighted by Gasteiger charge is 2.18. The Morgan fingerprint density at radius 3 is 2.52 bits per heavy atom. The number of fused-ring (bicyclic) bond motifs is 1. The number of carbonyl (C=O) groups is 1. The van der Waals surface area contributed by atoms with Gasteiger partial charge in [0.15, 0.2) is 0 Å². The average Bonchev–Trinajstić information content (AvgIpc) is 3.14. The van der Waals surface area contributed by atoms with Gasteiger partial charge in [0, 0.05) is 17.4 Å². The van der Waals surface area contributed by atoms with Gasteiger partial charge in [0.05, 0.1) is 5.92 Å². The summed E-state index contributed by atoms with van der Waals surface area (Å²) >= 11 is 1.57. The molecule has 4 rings (SSSR count). The Morgan fingerprint density at radius 2 is 1.81 bits per heavy atom. The summed E-state index contributed by atoms with van der Waals surface area (Å²) in [6.07, 6.45) is 2.53. The van der Waals surface area contributed by atoms with E-state index in [0.29, 0.717) is 0 Å². The number of benzene rings is 2. The molecule has 4 nitrogen and oxygen atoms in total. The number of anilines is 1. The summed E-state index contributed by atoms with van der Waals surface area (Å²) in [4.78, 5) is 22.6. The Hall–Kier alpha value is -3.05. The van der Waals surface area contributed by atoms with E-state index >= 15 is 0 Å². The van der Waals surface area contributed by atoms with Crippen molar-refractivity contribution in [1.29, 1.82) is 0 Å². The Balaban J connectivity index is 1.51. The molecule has 0 aliphatic carbocycles. The number of amides is 1. The third kappa shape index (κ3) is 3.73. The first kappa shape index (κ1) is 17.4. The van der Waals surface area contributed by atoms with Crippen LogP contribution in [0.25, 0.3) is 20.9 Å². The van der Waals surface area contributed by atoms with Gasteiger partial charge < -0.3 is 5.32 Å². The Labute approximate surface area is 161 Å². The number of hydrogen-bond donors (Lipinski definition) is 1. The number of thiazole rings is 1. The molecule has 4 aromatic rings. The minimum absolute atomic E-state index is 0.0145. The van der Waals surface area contributed by atoms with Crippen LogP contribution in [0.3, 0.4) is 0 Å². The molecule has 0 saturated heterocycles. The van der Waals surface area contributed by atoms with Gasteiger partial charge in [-0.2, -0.15) is 0 Å². The van der Waals surface area contributed by atoms with Gasteiger partial charge in [-0.05, 0) is 48.4 Å². The van der Waals surface area contributed by atoms with E-state index in [9.17, 15) is 4.79 Å². The van der Waals surface area contributed by atoms with Crippen LogP contribution in [-0.2, 0) is 4.79 Å². The van der Waals surface area contributed by atoms with Crippen molar-refractivity contribution in [3.63, 3.8) is 0 Å². The highest BCUT2D eigenvalue weighted by Crippen LogP contribution is 2.29. The molecule has 2 aromatic carbocycles. The molecule has 0 bridgehead atoms. The second-order valence-electron chi connectivity index (χ2n) is 6.28. The number of nitrogens with zero attached hydrogens (tertiary/aromatic N) is 2. The van der Waals surface area contributed by atoms with Gasteiger partial charge in [-0.3, -0.25) is 4.79 Å². The van der Waals surface area contributed by atoms with Crippen molar-refractivity contribution >= 4 is 33.3 Å². The molecule has 2 aromatic heterocycles. The molecule has 0 saturated carbocycles. The van der Waals surface area contributed by atoms with Crippen LogP contribution in [0.2, 0.25) is 0 Å². The largest absolute Gasteiger partial charge is 0.326 e. The van der Waals surface area contributed by atoms with Crippen molar-refractivity contribution in [3.8, 4) is 10.6 Å². The molecule has 0 spiro atoms. The highest BCUT2D eigenvalue weighted by atomic mass is 32.1. The lowest BCUT2D eigenvalue weighted by Crippen LogP contribution is -2.20. The maximum absolute atomic E-state index is 12.7. The number of rotatable bonds is 5. The maximum atomic E-state index is 12.7. The van der Waals surface area contributed by atoms with Gasteiger partial charge in [-0.25, -0.2) is 9.97 Å². The number of pyridine rings is 1. The lowest BCUT2D eigenvalue weighted by Gasteiger charge is -2.15. The summed E-state index contributed by atoms with van der Waals surface area (Å²) in [5.74, 6) is -0.137. The summed E-state index contributed by atoms with van der Waals surface area (Å²) in [7, 11) is 0. The quantitative estimate of drug-likeness (QED) is 0.503. The van der Waals surface area contributed by atoms with Crippen LogP contribution >= 0.6 is 11.3 Å². The van der Waals surface area contributed by atoms with E-state index < -0.39 is 0 Å². The first-order valence-corrected chi connectivity index (χ1v) is 9.74. The molecule has 27 heavy (non-hydrogen) atoms. The zero-order valence-corrected chi connectivity index (χ0v) is 15.7. The molecule has 1 atom stereocenters. The van der Waals surface area contributed by atoms with Crippen LogP contribution in [0.1, 0.15) is 24.8 Å². The predicted octanol–water partition coefficient (Wildman–Crippen LogP) is 5.49. The van der Waals surface area contributed by atoms with Crippen LogP contribution in [0.5, 0.6) is 0 Å². The van der Waals surface area contributed by atoms with Gasteiger partial charge >= 0.3 is 0 Å². The van der Waals surface area contributed by atoms with Crippen LogP contribution in [-0.4, -0.2) is 15.9 Å². The van der Waals surface area contributed by atoms with E-state index in [-0.39, 0.29) is 11.8 Å². The second kappa shape index (κ2) is 7.68. The zero-order chi connectivity index (χ0) is 18.6. The molecule has 0 fully saturated rings. The van der Waals surface area contributed by atoms with Crippen molar-refractivity contribution in [1.82, 2.24) is 9.97 Å². The second-order valence-corrected chi connectivity index (χ2v) is 7.26. The lowest BCUT2D eigenvalue weighted by molar-refractivity contribution is -0.117. The normalized spacial score (nSPS) is 12.0. The fourth-order valence-electron chi connectivity index (χ4n) is 3.08. The molecular weight excluding hydrogens is 354 g/mol. The van der Waals surface area contributed by atoms with Crippen molar-refractivity contribution in [2.24, 2.45) is 0 Å². The highest BCUT2D eigenvalue weighted by molar-refractivity contribution is 7.21. The minimum atomic E-state index is -0.152. The molecule has 0 radical (unpaired) electrons. The van der Waals surface area contributed by atoms with Crippen LogP contribution in [0, 0.1) is 0 Å². The summed E-state index contributed by atoms with van der Waals surface area (Å²) < 4.78 is 0. The first-order chi connectivity index (χ1) is 13.2. The average molecular weight is 373 g/mol.